The Morgan fingerprint density at radius 2 is 1.97 bits per heavy atom. The molecule has 1 saturated heterocycles. The number of ether oxygens (including phenoxy) is 1. The van der Waals surface area contributed by atoms with Crippen molar-refractivity contribution in [2.45, 2.75) is 31.4 Å². The Labute approximate surface area is 186 Å². The van der Waals surface area contributed by atoms with Gasteiger partial charge in [0.25, 0.3) is 0 Å². The molecule has 1 amide bonds. The van der Waals surface area contributed by atoms with Crippen LogP contribution in [0.5, 0.6) is 5.75 Å². The lowest BCUT2D eigenvalue weighted by atomic mass is 9.97. The molecule has 0 saturated carbocycles. The smallest absolute Gasteiger partial charge is 0.232 e. The number of ketones is 1. The van der Waals surface area contributed by atoms with Crippen LogP contribution in [0.1, 0.15) is 47.5 Å². The zero-order chi connectivity index (χ0) is 21.8. The lowest BCUT2D eigenvalue weighted by molar-refractivity contribution is -0.129. The van der Waals surface area contributed by atoms with E-state index in [1.807, 2.05) is 41.3 Å². The number of hydrogen-bond acceptors (Lipinski definition) is 6. The fourth-order valence-electron chi connectivity index (χ4n) is 3.89. The van der Waals surface area contributed by atoms with Gasteiger partial charge in [-0.3, -0.25) is 9.59 Å². The van der Waals surface area contributed by atoms with Gasteiger partial charge in [-0.25, -0.2) is 4.98 Å². The summed E-state index contributed by atoms with van der Waals surface area (Å²) in [7, 11) is 1.61. The molecule has 7 heteroatoms. The summed E-state index contributed by atoms with van der Waals surface area (Å²) < 4.78 is 11.3. The number of oxazole rings is 1. The van der Waals surface area contributed by atoms with Crippen LogP contribution in [-0.2, 0) is 10.5 Å². The number of Topliss-reactive ketones (excluding diaryl/α,β-unsaturated/α-hetero) is 1. The van der Waals surface area contributed by atoms with Crippen molar-refractivity contribution in [3.05, 3.63) is 59.5 Å². The van der Waals surface area contributed by atoms with Gasteiger partial charge < -0.3 is 14.1 Å². The topological polar surface area (TPSA) is 72.6 Å². The average Bonchev–Trinajstić information content (AvgIpc) is 3.23. The standard InChI is InChI=1S/C24H26N2O4S/c1-16(27)18-7-8-21(29-2)19(13-18)14-31-15-23(28)26-11-9-17(10-12-26)24-25-20-5-3-4-6-22(20)30-24/h3-8,13,17H,9-12,14-15H2,1-2H3. The fraction of sp³-hybridized carbons (Fsp3) is 0.375. The average molecular weight is 439 g/mol. The van der Waals surface area contributed by atoms with Gasteiger partial charge in [0.15, 0.2) is 17.3 Å². The Morgan fingerprint density at radius 3 is 2.68 bits per heavy atom. The number of methoxy groups -OCH3 is 1. The third-order valence-corrected chi connectivity index (χ3v) is 6.64. The van der Waals surface area contributed by atoms with Gasteiger partial charge >= 0.3 is 0 Å². The Bertz CT molecular complexity index is 1050. The first-order chi connectivity index (χ1) is 15.0. The molecule has 1 aromatic heterocycles. The van der Waals surface area contributed by atoms with Crippen LogP contribution < -0.4 is 4.74 Å². The molecule has 1 aliphatic heterocycles. The van der Waals surface area contributed by atoms with Crippen LogP contribution in [0, 0.1) is 0 Å². The maximum Gasteiger partial charge on any atom is 0.232 e. The summed E-state index contributed by atoms with van der Waals surface area (Å²) in [5.41, 5.74) is 3.29. The number of piperidine rings is 1. The Morgan fingerprint density at radius 1 is 1.19 bits per heavy atom. The predicted octanol–water partition coefficient (Wildman–Crippen LogP) is 4.68. The summed E-state index contributed by atoms with van der Waals surface area (Å²) in [5.74, 6) is 2.96. The monoisotopic (exact) mass is 438 g/mol. The largest absolute Gasteiger partial charge is 0.496 e. The van der Waals surface area contributed by atoms with E-state index in [0.717, 1.165) is 41.1 Å². The molecule has 6 nitrogen and oxygen atoms in total. The highest BCUT2D eigenvalue weighted by Crippen LogP contribution is 2.30. The molecular formula is C24H26N2O4S. The van der Waals surface area contributed by atoms with Gasteiger partial charge in [-0.2, -0.15) is 0 Å². The van der Waals surface area contributed by atoms with Crippen LogP contribution in [0.2, 0.25) is 0 Å². The second-order valence-corrected chi connectivity index (χ2v) is 8.74. The summed E-state index contributed by atoms with van der Waals surface area (Å²) >= 11 is 1.54. The summed E-state index contributed by atoms with van der Waals surface area (Å²) in [6.07, 6.45) is 1.72. The van der Waals surface area contributed by atoms with E-state index in [1.165, 1.54) is 0 Å². The molecule has 1 fully saturated rings. The number of hydrogen-bond donors (Lipinski definition) is 0. The summed E-state index contributed by atoms with van der Waals surface area (Å²) in [5, 5.41) is 0. The van der Waals surface area contributed by atoms with Crippen molar-refractivity contribution in [2.75, 3.05) is 26.0 Å². The molecule has 1 aliphatic rings. The van der Waals surface area contributed by atoms with Crippen molar-refractivity contribution in [2.24, 2.45) is 0 Å². The minimum Gasteiger partial charge on any atom is -0.496 e. The van der Waals surface area contributed by atoms with Gasteiger partial charge in [0.1, 0.15) is 11.3 Å². The minimum atomic E-state index is 0.0202. The van der Waals surface area contributed by atoms with Crippen LogP contribution in [0.25, 0.3) is 11.1 Å². The van der Waals surface area contributed by atoms with Crippen molar-refractivity contribution in [1.82, 2.24) is 9.88 Å². The van der Waals surface area contributed by atoms with E-state index in [2.05, 4.69) is 4.98 Å². The summed E-state index contributed by atoms with van der Waals surface area (Å²) in [6.45, 7) is 2.98. The fourth-order valence-corrected chi connectivity index (χ4v) is 4.80. The summed E-state index contributed by atoms with van der Waals surface area (Å²) in [4.78, 5) is 30.9. The molecule has 0 unspecified atom stereocenters. The molecule has 0 aliphatic carbocycles. The molecule has 0 spiro atoms. The third kappa shape index (κ3) is 4.93. The van der Waals surface area contributed by atoms with Crippen molar-refractivity contribution in [3.63, 3.8) is 0 Å². The second kappa shape index (κ2) is 9.56. The van der Waals surface area contributed by atoms with Crippen molar-refractivity contribution >= 4 is 34.6 Å². The molecule has 2 heterocycles. The first-order valence-electron chi connectivity index (χ1n) is 10.4. The van der Waals surface area contributed by atoms with E-state index < -0.39 is 0 Å². The molecule has 0 atom stereocenters. The maximum atomic E-state index is 12.7. The maximum absolute atomic E-state index is 12.7. The number of benzene rings is 2. The van der Waals surface area contributed by atoms with Crippen LogP contribution >= 0.6 is 11.8 Å². The zero-order valence-corrected chi connectivity index (χ0v) is 18.6. The number of thioether (sulfide) groups is 1. The molecule has 4 rings (SSSR count). The van der Waals surface area contributed by atoms with E-state index in [1.54, 1.807) is 31.9 Å². The first-order valence-corrected chi connectivity index (χ1v) is 11.6. The van der Waals surface area contributed by atoms with Gasteiger partial charge in [0.05, 0.1) is 12.9 Å². The van der Waals surface area contributed by atoms with E-state index in [9.17, 15) is 9.59 Å². The van der Waals surface area contributed by atoms with Crippen LogP contribution in [0.3, 0.4) is 0 Å². The highest BCUT2D eigenvalue weighted by molar-refractivity contribution is 7.99. The molecule has 2 aromatic carbocycles. The molecule has 162 valence electrons. The molecule has 3 aromatic rings. The lowest BCUT2D eigenvalue weighted by Crippen LogP contribution is -2.39. The first kappa shape index (κ1) is 21.4. The lowest BCUT2D eigenvalue weighted by Gasteiger charge is -2.30. The minimum absolute atomic E-state index is 0.0202. The highest BCUT2D eigenvalue weighted by Gasteiger charge is 2.27. The number of para-hydroxylation sites is 2. The van der Waals surface area contributed by atoms with Crippen LogP contribution in [0.4, 0.5) is 0 Å². The van der Waals surface area contributed by atoms with Gasteiger partial charge in [-0.05, 0) is 50.1 Å². The quantitative estimate of drug-likeness (QED) is 0.499. The Hall–Kier alpha value is -2.80. The number of carbonyl (C=O) groups excluding carboxylic acids is 2. The molecule has 31 heavy (non-hydrogen) atoms. The van der Waals surface area contributed by atoms with Crippen molar-refractivity contribution < 1.29 is 18.7 Å². The SMILES string of the molecule is COc1ccc(C(C)=O)cc1CSCC(=O)N1CCC(c2nc3ccccc3o2)CC1. The van der Waals surface area contributed by atoms with Gasteiger partial charge in [-0.1, -0.05) is 12.1 Å². The normalized spacial score (nSPS) is 14.7. The van der Waals surface area contributed by atoms with Crippen molar-refractivity contribution in [1.29, 1.82) is 0 Å². The van der Waals surface area contributed by atoms with E-state index in [0.29, 0.717) is 30.2 Å². The van der Waals surface area contributed by atoms with E-state index in [4.69, 9.17) is 9.15 Å². The van der Waals surface area contributed by atoms with Gasteiger partial charge in [0.2, 0.25) is 5.91 Å². The Balaban J connectivity index is 1.28. The number of carbonyl (C=O) groups is 2. The van der Waals surface area contributed by atoms with Crippen LogP contribution in [-0.4, -0.2) is 47.5 Å². The highest BCUT2D eigenvalue weighted by atomic mass is 32.2. The number of nitrogens with zero attached hydrogens (tertiary/aromatic N) is 2. The number of rotatable bonds is 7. The molecule has 0 radical (unpaired) electrons. The number of amides is 1. The predicted molar refractivity (Wildman–Crippen MR) is 122 cm³/mol. The van der Waals surface area contributed by atoms with Crippen molar-refractivity contribution in [3.8, 4) is 5.75 Å². The Kier molecular flexibility index (Phi) is 6.61. The van der Waals surface area contributed by atoms with E-state index in [-0.39, 0.29) is 17.6 Å². The third-order valence-electron chi connectivity index (χ3n) is 5.68. The number of fused-ring (bicyclic) bond motifs is 1. The van der Waals surface area contributed by atoms with Gasteiger partial charge in [0, 0.05) is 35.9 Å². The molecule has 0 bridgehead atoms. The second-order valence-electron chi connectivity index (χ2n) is 7.75. The number of likely N-dealkylation sites (tertiary alicyclic amines) is 1. The molecule has 0 N–H and O–H groups in total. The summed E-state index contributed by atoms with van der Waals surface area (Å²) in [6, 6.07) is 13.2. The number of aromatic nitrogens is 1. The zero-order valence-electron chi connectivity index (χ0n) is 17.8. The van der Waals surface area contributed by atoms with Crippen LogP contribution in [0.15, 0.2) is 46.9 Å². The molecular weight excluding hydrogens is 412 g/mol. The van der Waals surface area contributed by atoms with E-state index >= 15 is 0 Å². The van der Waals surface area contributed by atoms with Gasteiger partial charge in [-0.15, -0.1) is 11.8 Å².